The Morgan fingerprint density at radius 1 is 1.14 bits per heavy atom. The van der Waals surface area contributed by atoms with Crippen LogP contribution in [0.15, 0.2) is 52.9 Å². The number of hydrogen-bond donors (Lipinski definition) is 4. The van der Waals surface area contributed by atoms with Crippen molar-refractivity contribution < 1.29 is 23.5 Å². The van der Waals surface area contributed by atoms with Gasteiger partial charge in [0.05, 0.1) is 19.3 Å². The van der Waals surface area contributed by atoms with E-state index < -0.39 is 17.5 Å². The standard InChI is InChI=1S/C24H20N6O5/c1-34-15-4-2-13-10-30(21(31)16(13)8-15)11-24(22(32)26-23(33)27-24)19-7-14-6-12(3-5-18(14)35-19)17-9-20(25)29-28-17/h2-9H,10-11H2,1H3,(H3,25,28,29)(H2,26,27,32,33). The number of nitrogens with one attached hydrogen (secondary N) is 3. The van der Waals surface area contributed by atoms with Gasteiger partial charge >= 0.3 is 6.03 Å². The summed E-state index contributed by atoms with van der Waals surface area (Å²) in [5.74, 6) is 0.296. The minimum atomic E-state index is -1.59. The van der Waals surface area contributed by atoms with Gasteiger partial charge in [-0.15, -0.1) is 0 Å². The van der Waals surface area contributed by atoms with Crippen LogP contribution in [-0.4, -0.2) is 46.6 Å². The number of hydrogen-bond acceptors (Lipinski definition) is 7. The number of H-pyrrole nitrogens is 1. The lowest BCUT2D eigenvalue weighted by Crippen LogP contribution is -2.52. The quantitative estimate of drug-likeness (QED) is 0.324. The van der Waals surface area contributed by atoms with Gasteiger partial charge < -0.3 is 25.1 Å². The number of aromatic nitrogens is 2. The van der Waals surface area contributed by atoms with Gasteiger partial charge in [-0.05, 0) is 42.0 Å². The van der Waals surface area contributed by atoms with Crippen LogP contribution in [0.1, 0.15) is 21.7 Å². The van der Waals surface area contributed by atoms with Crippen LogP contribution in [0, 0.1) is 0 Å². The zero-order valence-corrected chi connectivity index (χ0v) is 18.5. The lowest BCUT2D eigenvalue weighted by Gasteiger charge is -2.29. The molecule has 2 aromatic heterocycles. The molecule has 0 aliphatic carbocycles. The molecule has 2 aromatic carbocycles. The fraction of sp³-hybridized carbons (Fsp3) is 0.167. The van der Waals surface area contributed by atoms with E-state index in [4.69, 9.17) is 14.9 Å². The van der Waals surface area contributed by atoms with E-state index in [-0.39, 0.29) is 24.8 Å². The molecule has 11 heteroatoms. The summed E-state index contributed by atoms with van der Waals surface area (Å²) in [6, 6.07) is 13.5. The summed E-state index contributed by atoms with van der Waals surface area (Å²) in [6.45, 7) is 0.179. The summed E-state index contributed by atoms with van der Waals surface area (Å²) >= 11 is 0. The number of nitrogen functional groups attached to an aromatic ring is 1. The fourth-order valence-electron chi connectivity index (χ4n) is 4.64. The second-order valence-electron chi connectivity index (χ2n) is 8.57. The molecule has 1 fully saturated rings. The molecule has 6 rings (SSSR count). The number of nitrogens with two attached hydrogens (primary N) is 1. The van der Waals surface area contributed by atoms with Crippen molar-refractivity contribution in [3.05, 3.63) is 65.4 Å². The Labute approximate surface area is 198 Å². The topological polar surface area (TPSA) is 156 Å². The van der Waals surface area contributed by atoms with Crippen LogP contribution in [0.2, 0.25) is 0 Å². The first-order valence-corrected chi connectivity index (χ1v) is 10.8. The van der Waals surface area contributed by atoms with Crippen LogP contribution in [0.4, 0.5) is 10.6 Å². The molecule has 4 aromatic rings. The Balaban J connectivity index is 1.38. The lowest BCUT2D eigenvalue weighted by atomic mass is 9.95. The number of fused-ring (bicyclic) bond motifs is 2. The first-order chi connectivity index (χ1) is 16.9. The number of anilines is 1. The van der Waals surface area contributed by atoms with Crippen molar-refractivity contribution in [3.63, 3.8) is 0 Å². The van der Waals surface area contributed by atoms with Gasteiger partial charge in [0, 0.05) is 29.1 Å². The van der Waals surface area contributed by atoms with Crippen molar-refractivity contribution in [2.75, 3.05) is 19.4 Å². The van der Waals surface area contributed by atoms with Crippen LogP contribution in [0.3, 0.4) is 0 Å². The van der Waals surface area contributed by atoms with Gasteiger partial charge in [-0.2, -0.15) is 5.10 Å². The molecule has 4 amide bonds. The van der Waals surface area contributed by atoms with E-state index in [1.165, 1.54) is 12.0 Å². The zero-order chi connectivity index (χ0) is 24.3. The normalized spacial score (nSPS) is 19.2. The number of urea groups is 1. The Morgan fingerprint density at radius 2 is 2.00 bits per heavy atom. The van der Waals surface area contributed by atoms with Gasteiger partial charge in [-0.3, -0.25) is 20.0 Å². The van der Waals surface area contributed by atoms with Gasteiger partial charge in [-0.25, -0.2) is 4.79 Å². The maximum Gasteiger partial charge on any atom is 0.322 e. The highest BCUT2D eigenvalue weighted by atomic mass is 16.5. The second kappa shape index (κ2) is 7.35. The Bertz CT molecular complexity index is 1540. The predicted octanol–water partition coefficient (Wildman–Crippen LogP) is 2.10. The molecular weight excluding hydrogens is 452 g/mol. The Morgan fingerprint density at radius 3 is 2.71 bits per heavy atom. The van der Waals surface area contributed by atoms with Gasteiger partial charge in [0.2, 0.25) is 0 Å². The number of ether oxygens (including phenoxy) is 1. The average molecular weight is 472 g/mol. The molecule has 35 heavy (non-hydrogen) atoms. The van der Waals surface area contributed by atoms with E-state index in [0.29, 0.717) is 28.1 Å². The highest BCUT2D eigenvalue weighted by Gasteiger charge is 2.53. The molecule has 0 saturated carbocycles. The fourth-order valence-corrected chi connectivity index (χ4v) is 4.64. The SMILES string of the molecule is COc1ccc2c(c1)C(=O)N(CC1(c3cc4cc(-c5cc(N)n[nH]5)ccc4o3)NC(=O)NC1=O)C2. The van der Waals surface area contributed by atoms with Crippen molar-refractivity contribution in [1.82, 2.24) is 25.7 Å². The van der Waals surface area contributed by atoms with Gasteiger partial charge in [0.15, 0.2) is 5.54 Å². The third-order valence-electron chi connectivity index (χ3n) is 6.41. The first kappa shape index (κ1) is 20.8. The van der Waals surface area contributed by atoms with Crippen molar-refractivity contribution in [2.45, 2.75) is 12.1 Å². The minimum absolute atomic E-state index is 0.107. The third-order valence-corrected chi connectivity index (χ3v) is 6.41. The molecule has 1 saturated heterocycles. The number of amides is 4. The van der Waals surface area contributed by atoms with Crippen LogP contribution in [-0.2, 0) is 16.9 Å². The van der Waals surface area contributed by atoms with Crippen LogP contribution in [0.5, 0.6) is 5.75 Å². The summed E-state index contributed by atoms with van der Waals surface area (Å²) in [4.78, 5) is 40.0. The summed E-state index contributed by atoms with van der Waals surface area (Å²) in [7, 11) is 1.53. The highest BCUT2D eigenvalue weighted by molar-refractivity contribution is 6.08. The summed E-state index contributed by atoms with van der Waals surface area (Å²) in [5, 5.41) is 12.5. The second-order valence-corrected chi connectivity index (χ2v) is 8.57. The molecule has 176 valence electrons. The van der Waals surface area contributed by atoms with E-state index >= 15 is 0 Å². The van der Waals surface area contributed by atoms with Gasteiger partial charge in [0.1, 0.15) is 22.9 Å². The first-order valence-electron chi connectivity index (χ1n) is 10.8. The highest BCUT2D eigenvalue weighted by Crippen LogP contribution is 2.36. The van der Waals surface area contributed by atoms with Crippen molar-refractivity contribution in [1.29, 1.82) is 0 Å². The van der Waals surface area contributed by atoms with Crippen LogP contribution < -0.4 is 21.1 Å². The van der Waals surface area contributed by atoms with Gasteiger partial charge in [0.25, 0.3) is 11.8 Å². The molecule has 0 bridgehead atoms. The molecule has 0 spiro atoms. The summed E-state index contributed by atoms with van der Waals surface area (Å²) < 4.78 is 11.3. The summed E-state index contributed by atoms with van der Waals surface area (Å²) in [6.07, 6.45) is 0. The molecule has 1 unspecified atom stereocenters. The van der Waals surface area contributed by atoms with Crippen molar-refractivity contribution in [2.24, 2.45) is 0 Å². The number of imide groups is 1. The molecule has 11 nitrogen and oxygen atoms in total. The number of methoxy groups -OCH3 is 1. The Kier molecular flexibility index (Phi) is 4.37. The molecule has 2 aliphatic heterocycles. The van der Waals surface area contributed by atoms with Crippen LogP contribution in [0.25, 0.3) is 22.2 Å². The zero-order valence-electron chi connectivity index (χ0n) is 18.5. The van der Waals surface area contributed by atoms with E-state index in [0.717, 1.165) is 16.8 Å². The maximum atomic E-state index is 13.2. The molecule has 2 aliphatic rings. The predicted molar refractivity (Wildman–Crippen MR) is 124 cm³/mol. The number of benzene rings is 2. The lowest BCUT2D eigenvalue weighted by molar-refractivity contribution is -0.125. The Hall–Kier alpha value is -4.80. The van der Waals surface area contributed by atoms with E-state index in [9.17, 15) is 14.4 Å². The monoisotopic (exact) mass is 472 g/mol. The number of nitrogens with zero attached hydrogens (tertiary/aromatic N) is 2. The molecule has 4 heterocycles. The maximum absolute atomic E-state index is 13.2. The number of carbonyl (C=O) groups excluding carboxylic acids is 3. The van der Waals surface area contributed by atoms with E-state index in [1.54, 1.807) is 30.3 Å². The van der Waals surface area contributed by atoms with E-state index in [1.807, 2.05) is 18.2 Å². The van der Waals surface area contributed by atoms with Gasteiger partial charge in [-0.1, -0.05) is 6.07 Å². The molecule has 0 radical (unpaired) electrons. The van der Waals surface area contributed by atoms with Crippen molar-refractivity contribution >= 4 is 34.6 Å². The number of aromatic amines is 1. The largest absolute Gasteiger partial charge is 0.497 e. The summed E-state index contributed by atoms with van der Waals surface area (Å²) in [5.41, 5.74) is 7.50. The van der Waals surface area contributed by atoms with Crippen LogP contribution >= 0.6 is 0 Å². The average Bonchev–Trinajstić information content (AvgIpc) is 3.60. The molecule has 5 N–H and O–H groups in total. The molecular formula is C24H20N6O5. The smallest absolute Gasteiger partial charge is 0.322 e. The van der Waals surface area contributed by atoms with E-state index in [2.05, 4.69) is 20.8 Å². The van der Waals surface area contributed by atoms with Crippen molar-refractivity contribution in [3.8, 4) is 17.0 Å². The third kappa shape index (κ3) is 3.20. The minimum Gasteiger partial charge on any atom is -0.497 e. The number of rotatable bonds is 5. The number of carbonyl (C=O) groups is 3. The molecule has 1 atom stereocenters. The number of furan rings is 1.